The third-order valence-electron chi connectivity index (χ3n) is 3.16. The van der Waals surface area contributed by atoms with Gasteiger partial charge in [0.25, 0.3) is 0 Å². The van der Waals surface area contributed by atoms with E-state index in [1.54, 1.807) is 42.5 Å². The summed E-state index contributed by atoms with van der Waals surface area (Å²) in [6.07, 6.45) is 1.36. The Balaban J connectivity index is 2.00. The van der Waals surface area contributed by atoms with Gasteiger partial charge in [-0.05, 0) is 24.3 Å². The van der Waals surface area contributed by atoms with Gasteiger partial charge in [0.15, 0.2) is 5.70 Å². The van der Waals surface area contributed by atoms with Gasteiger partial charge in [-0.1, -0.05) is 30.3 Å². The first-order chi connectivity index (χ1) is 10.7. The van der Waals surface area contributed by atoms with Gasteiger partial charge in [-0.3, -0.25) is 0 Å². The second-order valence-corrected chi connectivity index (χ2v) is 4.56. The van der Waals surface area contributed by atoms with Crippen LogP contribution in [0.5, 0.6) is 5.75 Å². The average molecular weight is 297 g/mol. The summed E-state index contributed by atoms with van der Waals surface area (Å²) in [4.78, 5) is 16.0. The molecule has 1 aliphatic heterocycles. The molecule has 0 aliphatic carbocycles. The molecule has 0 aromatic heterocycles. The van der Waals surface area contributed by atoms with Gasteiger partial charge in [0.2, 0.25) is 5.90 Å². The van der Waals surface area contributed by atoms with Gasteiger partial charge in [-0.25, -0.2) is 14.2 Å². The molecule has 2 aromatic carbocycles. The third kappa shape index (κ3) is 2.61. The standard InChI is InChI=1S/C17H12FNO3/c1-21-15-9-5-3-7-12(15)16-19-14(17(20)22-16)10-11-6-2-4-8-13(11)18/h2-10H,1H3/b14-10+. The van der Waals surface area contributed by atoms with Crippen LogP contribution in [0.4, 0.5) is 4.39 Å². The maximum atomic E-state index is 13.6. The molecule has 0 spiro atoms. The van der Waals surface area contributed by atoms with Crippen LogP contribution in [0.3, 0.4) is 0 Å². The van der Waals surface area contributed by atoms with Crippen molar-refractivity contribution in [3.05, 3.63) is 71.2 Å². The molecule has 0 saturated carbocycles. The van der Waals surface area contributed by atoms with Gasteiger partial charge in [0, 0.05) is 5.56 Å². The fourth-order valence-electron chi connectivity index (χ4n) is 2.09. The molecule has 3 rings (SSSR count). The molecule has 1 heterocycles. The number of rotatable bonds is 3. The van der Waals surface area contributed by atoms with Crippen LogP contribution in [-0.4, -0.2) is 19.0 Å². The average Bonchev–Trinajstić information content (AvgIpc) is 2.90. The van der Waals surface area contributed by atoms with E-state index in [-0.39, 0.29) is 17.2 Å². The van der Waals surface area contributed by atoms with Crippen molar-refractivity contribution in [2.75, 3.05) is 7.11 Å². The van der Waals surface area contributed by atoms with Crippen LogP contribution in [0.2, 0.25) is 0 Å². The van der Waals surface area contributed by atoms with Crippen LogP contribution in [0, 0.1) is 5.82 Å². The molecule has 110 valence electrons. The van der Waals surface area contributed by atoms with Gasteiger partial charge >= 0.3 is 5.97 Å². The van der Waals surface area contributed by atoms with Crippen LogP contribution in [0.25, 0.3) is 6.08 Å². The second kappa shape index (κ2) is 5.81. The molecule has 1 aliphatic rings. The lowest BCUT2D eigenvalue weighted by Gasteiger charge is -2.05. The summed E-state index contributed by atoms with van der Waals surface area (Å²) in [6, 6.07) is 13.2. The summed E-state index contributed by atoms with van der Waals surface area (Å²) in [5.74, 6) is -0.362. The lowest BCUT2D eigenvalue weighted by atomic mass is 10.2. The number of ether oxygens (including phenoxy) is 2. The fraction of sp³-hybridized carbons (Fsp3) is 0.0588. The van der Waals surface area contributed by atoms with Gasteiger partial charge < -0.3 is 9.47 Å². The minimum absolute atomic E-state index is 0.0472. The lowest BCUT2D eigenvalue weighted by Crippen LogP contribution is -2.06. The van der Waals surface area contributed by atoms with E-state index in [1.807, 2.05) is 0 Å². The lowest BCUT2D eigenvalue weighted by molar-refractivity contribution is -0.129. The third-order valence-corrected chi connectivity index (χ3v) is 3.16. The van der Waals surface area contributed by atoms with Crippen LogP contribution >= 0.6 is 0 Å². The first-order valence-corrected chi connectivity index (χ1v) is 6.59. The van der Waals surface area contributed by atoms with E-state index in [4.69, 9.17) is 9.47 Å². The molecule has 2 aromatic rings. The Bertz CT molecular complexity index is 796. The number of nitrogens with zero attached hydrogens (tertiary/aromatic N) is 1. The van der Waals surface area contributed by atoms with Crippen molar-refractivity contribution < 1.29 is 18.7 Å². The molecule has 0 amide bonds. The summed E-state index contributed by atoms with van der Waals surface area (Å²) < 4.78 is 24.0. The zero-order valence-electron chi connectivity index (χ0n) is 11.7. The van der Waals surface area contributed by atoms with E-state index in [0.717, 1.165) is 0 Å². The monoisotopic (exact) mass is 297 g/mol. The largest absolute Gasteiger partial charge is 0.496 e. The summed E-state index contributed by atoms with van der Waals surface area (Å²) in [6.45, 7) is 0. The zero-order chi connectivity index (χ0) is 15.5. The van der Waals surface area contributed by atoms with Crippen molar-refractivity contribution in [1.29, 1.82) is 0 Å². The summed E-state index contributed by atoms with van der Waals surface area (Å²) in [5.41, 5.74) is 0.890. The van der Waals surface area contributed by atoms with E-state index < -0.39 is 11.8 Å². The van der Waals surface area contributed by atoms with Crippen molar-refractivity contribution in [2.45, 2.75) is 0 Å². The highest BCUT2D eigenvalue weighted by Crippen LogP contribution is 2.25. The number of cyclic esters (lactones) is 1. The Kier molecular flexibility index (Phi) is 3.70. The molecule has 5 heteroatoms. The Hall–Kier alpha value is -2.95. The second-order valence-electron chi connectivity index (χ2n) is 4.56. The molecule has 0 N–H and O–H groups in total. The SMILES string of the molecule is COc1ccccc1C1=N/C(=C/c2ccccc2F)C(=O)O1. The summed E-state index contributed by atoms with van der Waals surface area (Å²) in [5, 5.41) is 0. The Labute approximate surface area is 126 Å². The topological polar surface area (TPSA) is 47.9 Å². The van der Waals surface area contributed by atoms with Crippen molar-refractivity contribution in [1.82, 2.24) is 0 Å². The van der Waals surface area contributed by atoms with Crippen molar-refractivity contribution >= 4 is 17.9 Å². The van der Waals surface area contributed by atoms with Gasteiger partial charge in [-0.15, -0.1) is 0 Å². The van der Waals surface area contributed by atoms with Crippen LogP contribution in [0.15, 0.2) is 59.2 Å². The van der Waals surface area contributed by atoms with Crippen LogP contribution in [-0.2, 0) is 9.53 Å². The van der Waals surface area contributed by atoms with Gasteiger partial charge in [-0.2, -0.15) is 0 Å². The maximum absolute atomic E-state index is 13.6. The predicted octanol–water partition coefficient (Wildman–Crippen LogP) is 3.18. The fourth-order valence-corrected chi connectivity index (χ4v) is 2.09. The highest BCUT2D eigenvalue weighted by molar-refractivity contribution is 6.13. The highest BCUT2D eigenvalue weighted by Gasteiger charge is 2.26. The number of carbonyl (C=O) groups is 1. The van der Waals surface area contributed by atoms with Crippen LogP contribution < -0.4 is 4.74 Å². The molecule has 0 saturated heterocycles. The van der Waals surface area contributed by atoms with Gasteiger partial charge in [0.05, 0.1) is 12.7 Å². The minimum atomic E-state index is -0.621. The Morgan fingerprint density at radius 1 is 1.14 bits per heavy atom. The predicted molar refractivity (Wildman–Crippen MR) is 80.0 cm³/mol. The smallest absolute Gasteiger partial charge is 0.363 e. The van der Waals surface area contributed by atoms with E-state index in [0.29, 0.717) is 11.3 Å². The first kappa shape index (κ1) is 14.0. The number of halogens is 1. The molecule has 22 heavy (non-hydrogen) atoms. The number of esters is 1. The first-order valence-electron chi connectivity index (χ1n) is 6.59. The number of carbonyl (C=O) groups excluding carboxylic acids is 1. The normalized spacial score (nSPS) is 15.6. The number of methoxy groups -OCH3 is 1. The Morgan fingerprint density at radius 2 is 1.86 bits per heavy atom. The summed E-state index contributed by atoms with van der Waals surface area (Å²) in [7, 11) is 1.52. The van der Waals surface area contributed by atoms with Crippen molar-refractivity contribution in [2.24, 2.45) is 4.99 Å². The van der Waals surface area contributed by atoms with E-state index in [1.165, 1.54) is 19.3 Å². The van der Waals surface area contributed by atoms with E-state index in [9.17, 15) is 9.18 Å². The molecular formula is C17H12FNO3. The summed E-state index contributed by atoms with van der Waals surface area (Å²) >= 11 is 0. The molecule has 4 nitrogen and oxygen atoms in total. The molecule has 0 fully saturated rings. The molecule has 0 unspecified atom stereocenters. The number of aliphatic imine (C=N–C) groups is 1. The number of hydrogen-bond donors (Lipinski definition) is 0. The number of para-hydroxylation sites is 1. The quantitative estimate of drug-likeness (QED) is 0.646. The van der Waals surface area contributed by atoms with Gasteiger partial charge in [0.1, 0.15) is 11.6 Å². The Morgan fingerprint density at radius 3 is 2.64 bits per heavy atom. The van der Waals surface area contributed by atoms with E-state index >= 15 is 0 Å². The van der Waals surface area contributed by atoms with Crippen molar-refractivity contribution in [3.8, 4) is 5.75 Å². The molecule has 0 bridgehead atoms. The zero-order valence-corrected chi connectivity index (χ0v) is 11.7. The van der Waals surface area contributed by atoms with Crippen LogP contribution in [0.1, 0.15) is 11.1 Å². The molecular weight excluding hydrogens is 285 g/mol. The maximum Gasteiger partial charge on any atom is 0.363 e. The molecule has 0 radical (unpaired) electrons. The number of benzene rings is 2. The van der Waals surface area contributed by atoms with E-state index in [2.05, 4.69) is 4.99 Å². The van der Waals surface area contributed by atoms with Crippen molar-refractivity contribution in [3.63, 3.8) is 0 Å². The molecule has 0 atom stereocenters. The number of hydrogen-bond acceptors (Lipinski definition) is 4. The minimum Gasteiger partial charge on any atom is -0.496 e. The highest BCUT2D eigenvalue weighted by atomic mass is 19.1.